The summed E-state index contributed by atoms with van der Waals surface area (Å²) in [6, 6.07) is 0.617. The van der Waals surface area contributed by atoms with Crippen molar-refractivity contribution in [3.05, 3.63) is 0 Å². The van der Waals surface area contributed by atoms with Gasteiger partial charge in [0.1, 0.15) is 0 Å². The summed E-state index contributed by atoms with van der Waals surface area (Å²) >= 11 is 0. The van der Waals surface area contributed by atoms with E-state index in [1.165, 1.54) is 19.3 Å². The molecule has 3 heteroatoms. The standard InChI is InChI=1S/C14H28N2O/c1-14(2,3)9-7-13(17)16-11-8-12-6-4-5-10-15-12/h12,15H,4-11H2,1-3H3,(H,16,17). The van der Waals surface area contributed by atoms with E-state index in [1.807, 2.05) is 0 Å². The quantitative estimate of drug-likeness (QED) is 0.775. The van der Waals surface area contributed by atoms with Crippen molar-refractivity contribution in [3.63, 3.8) is 0 Å². The Morgan fingerprint density at radius 3 is 2.71 bits per heavy atom. The average molecular weight is 240 g/mol. The summed E-state index contributed by atoms with van der Waals surface area (Å²) in [5.74, 6) is 0.204. The number of hydrogen-bond acceptors (Lipinski definition) is 2. The number of nitrogens with one attached hydrogen (secondary N) is 2. The van der Waals surface area contributed by atoms with Crippen molar-refractivity contribution in [1.29, 1.82) is 0 Å². The Morgan fingerprint density at radius 1 is 1.35 bits per heavy atom. The normalized spacial score (nSPS) is 21.2. The topological polar surface area (TPSA) is 41.1 Å². The van der Waals surface area contributed by atoms with Crippen LogP contribution in [0.5, 0.6) is 0 Å². The molecule has 1 heterocycles. The zero-order valence-electron chi connectivity index (χ0n) is 11.6. The molecule has 1 amide bonds. The Morgan fingerprint density at radius 2 is 2.12 bits per heavy atom. The van der Waals surface area contributed by atoms with E-state index in [-0.39, 0.29) is 11.3 Å². The molecule has 0 aromatic rings. The molecule has 17 heavy (non-hydrogen) atoms. The fourth-order valence-corrected chi connectivity index (χ4v) is 2.13. The highest BCUT2D eigenvalue weighted by atomic mass is 16.1. The average Bonchev–Trinajstić information content (AvgIpc) is 2.27. The van der Waals surface area contributed by atoms with E-state index in [2.05, 4.69) is 31.4 Å². The van der Waals surface area contributed by atoms with Gasteiger partial charge >= 0.3 is 0 Å². The van der Waals surface area contributed by atoms with Crippen molar-refractivity contribution in [1.82, 2.24) is 10.6 Å². The van der Waals surface area contributed by atoms with Gasteiger partial charge in [0, 0.05) is 19.0 Å². The van der Waals surface area contributed by atoms with E-state index in [9.17, 15) is 4.79 Å². The third kappa shape index (κ3) is 7.37. The number of hydrogen-bond donors (Lipinski definition) is 2. The highest BCUT2D eigenvalue weighted by Gasteiger charge is 2.14. The maximum absolute atomic E-state index is 11.6. The molecule has 1 saturated heterocycles. The van der Waals surface area contributed by atoms with Gasteiger partial charge in [0.25, 0.3) is 0 Å². The van der Waals surface area contributed by atoms with E-state index < -0.39 is 0 Å². The van der Waals surface area contributed by atoms with Crippen molar-refractivity contribution in [2.24, 2.45) is 5.41 Å². The Labute approximate surface area is 106 Å². The van der Waals surface area contributed by atoms with Crippen molar-refractivity contribution < 1.29 is 4.79 Å². The summed E-state index contributed by atoms with van der Waals surface area (Å²) in [5.41, 5.74) is 0.252. The third-order valence-corrected chi connectivity index (χ3v) is 3.33. The second-order valence-corrected chi connectivity index (χ2v) is 6.35. The number of amides is 1. The van der Waals surface area contributed by atoms with Gasteiger partial charge in [-0.25, -0.2) is 0 Å². The van der Waals surface area contributed by atoms with Crippen LogP contribution in [-0.4, -0.2) is 25.0 Å². The fourth-order valence-electron chi connectivity index (χ4n) is 2.13. The summed E-state index contributed by atoms with van der Waals surface area (Å²) in [5, 5.41) is 6.52. The summed E-state index contributed by atoms with van der Waals surface area (Å²) in [7, 11) is 0. The lowest BCUT2D eigenvalue weighted by Crippen LogP contribution is -2.37. The molecule has 2 N–H and O–H groups in total. The van der Waals surface area contributed by atoms with Crippen LogP contribution in [0.2, 0.25) is 0 Å². The highest BCUT2D eigenvalue weighted by molar-refractivity contribution is 5.75. The van der Waals surface area contributed by atoms with Crippen molar-refractivity contribution in [2.45, 2.75) is 65.3 Å². The van der Waals surface area contributed by atoms with Crippen LogP contribution in [0.3, 0.4) is 0 Å². The molecule has 3 nitrogen and oxygen atoms in total. The molecule has 0 aromatic heterocycles. The second kappa shape index (κ2) is 7.00. The van der Waals surface area contributed by atoms with E-state index in [1.54, 1.807) is 0 Å². The SMILES string of the molecule is CC(C)(C)CCC(=O)NCCC1CCCCN1. The summed E-state index contributed by atoms with van der Waals surface area (Å²) in [4.78, 5) is 11.6. The largest absolute Gasteiger partial charge is 0.356 e. The number of carbonyl (C=O) groups excluding carboxylic acids is 1. The van der Waals surface area contributed by atoms with Crippen LogP contribution in [0.25, 0.3) is 0 Å². The Hall–Kier alpha value is -0.570. The first-order chi connectivity index (χ1) is 7.97. The molecule has 1 rings (SSSR count). The zero-order chi connectivity index (χ0) is 12.7. The van der Waals surface area contributed by atoms with E-state index in [4.69, 9.17) is 0 Å². The molecule has 0 radical (unpaired) electrons. The smallest absolute Gasteiger partial charge is 0.220 e. The van der Waals surface area contributed by atoms with Crippen LogP contribution >= 0.6 is 0 Å². The number of piperidine rings is 1. The zero-order valence-corrected chi connectivity index (χ0v) is 11.6. The Kier molecular flexibility index (Phi) is 5.96. The van der Waals surface area contributed by atoms with Gasteiger partial charge in [-0.1, -0.05) is 27.2 Å². The lowest BCUT2D eigenvalue weighted by Gasteiger charge is -2.23. The molecule has 0 aliphatic carbocycles. The van der Waals surface area contributed by atoms with Gasteiger partial charge in [-0.05, 0) is 37.6 Å². The van der Waals surface area contributed by atoms with Gasteiger partial charge in [0.2, 0.25) is 5.91 Å². The second-order valence-electron chi connectivity index (χ2n) is 6.35. The number of rotatable bonds is 5. The minimum atomic E-state index is 0.204. The predicted molar refractivity (Wildman–Crippen MR) is 72.0 cm³/mol. The monoisotopic (exact) mass is 240 g/mol. The van der Waals surface area contributed by atoms with E-state index in [0.717, 1.165) is 25.9 Å². The molecule has 1 aliphatic rings. The van der Waals surface area contributed by atoms with E-state index >= 15 is 0 Å². The summed E-state index contributed by atoms with van der Waals surface area (Å²) in [6.07, 6.45) is 6.57. The minimum absolute atomic E-state index is 0.204. The maximum Gasteiger partial charge on any atom is 0.220 e. The van der Waals surface area contributed by atoms with Crippen LogP contribution in [-0.2, 0) is 4.79 Å². The Bertz CT molecular complexity index is 227. The van der Waals surface area contributed by atoms with Gasteiger partial charge in [-0.15, -0.1) is 0 Å². The predicted octanol–water partition coefficient (Wildman–Crippen LogP) is 2.46. The molecule has 1 fully saturated rings. The molecule has 1 unspecified atom stereocenters. The van der Waals surface area contributed by atoms with E-state index in [0.29, 0.717) is 12.5 Å². The molecule has 0 bridgehead atoms. The van der Waals surface area contributed by atoms with Crippen LogP contribution in [0, 0.1) is 5.41 Å². The molecular weight excluding hydrogens is 212 g/mol. The molecule has 1 atom stereocenters. The molecule has 0 spiro atoms. The first-order valence-corrected chi connectivity index (χ1v) is 6.97. The fraction of sp³-hybridized carbons (Fsp3) is 0.929. The summed E-state index contributed by atoms with van der Waals surface area (Å²) < 4.78 is 0. The van der Waals surface area contributed by atoms with Crippen LogP contribution in [0.1, 0.15) is 59.3 Å². The van der Waals surface area contributed by atoms with Crippen molar-refractivity contribution in [3.8, 4) is 0 Å². The van der Waals surface area contributed by atoms with Crippen molar-refractivity contribution in [2.75, 3.05) is 13.1 Å². The first kappa shape index (κ1) is 14.5. The molecular formula is C14H28N2O. The van der Waals surface area contributed by atoms with Crippen LogP contribution < -0.4 is 10.6 Å². The highest BCUT2D eigenvalue weighted by Crippen LogP contribution is 2.20. The van der Waals surface area contributed by atoms with Gasteiger partial charge in [0.15, 0.2) is 0 Å². The van der Waals surface area contributed by atoms with Gasteiger partial charge in [-0.2, -0.15) is 0 Å². The van der Waals surface area contributed by atoms with Gasteiger partial charge in [-0.3, -0.25) is 4.79 Å². The lowest BCUT2D eigenvalue weighted by molar-refractivity contribution is -0.121. The van der Waals surface area contributed by atoms with Gasteiger partial charge in [0.05, 0.1) is 0 Å². The van der Waals surface area contributed by atoms with Crippen LogP contribution in [0.15, 0.2) is 0 Å². The van der Waals surface area contributed by atoms with Crippen molar-refractivity contribution >= 4 is 5.91 Å². The molecule has 100 valence electrons. The third-order valence-electron chi connectivity index (χ3n) is 3.33. The molecule has 1 aliphatic heterocycles. The van der Waals surface area contributed by atoms with Crippen LogP contribution in [0.4, 0.5) is 0 Å². The van der Waals surface area contributed by atoms with Gasteiger partial charge < -0.3 is 10.6 Å². The molecule has 0 saturated carbocycles. The Balaban J connectivity index is 2.03. The molecule has 0 aromatic carbocycles. The first-order valence-electron chi connectivity index (χ1n) is 6.97. The number of carbonyl (C=O) groups is 1. The maximum atomic E-state index is 11.6. The summed E-state index contributed by atoms with van der Waals surface area (Å²) in [6.45, 7) is 8.48. The minimum Gasteiger partial charge on any atom is -0.356 e. The lowest BCUT2D eigenvalue weighted by atomic mass is 9.90.